The summed E-state index contributed by atoms with van der Waals surface area (Å²) in [5, 5.41) is 2.95. The van der Waals surface area contributed by atoms with Gasteiger partial charge in [-0.1, -0.05) is 22.9 Å². The van der Waals surface area contributed by atoms with E-state index < -0.39 is 0 Å². The van der Waals surface area contributed by atoms with Crippen LogP contribution in [0.1, 0.15) is 25.3 Å². The molecule has 0 radical (unpaired) electrons. The van der Waals surface area contributed by atoms with Crippen LogP contribution in [0.3, 0.4) is 0 Å². The summed E-state index contributed by atoms with van der Waals surface area (Å²) in [6.07, 6.45) is 2.41. The monoisotopic (exact) mass is 297 g/mol. The van der Waals surface area contributed by atoms with Crippen LogP contribution in [0, 0.1) is 0 Å². The number of hydrogen-bond donors (Lipinski definition) is 1. The Hall–Kier alpha value is -0.870. The van der Waals surface area contributed by atoms with Crippen molar-refractivity contribution >= 4 is 27.5 Å². The third-order valence-electron chi connectivity index (χ3n) is 2.93. The predicted molar refractivity (Wildman–Crippen MR) is 71.1 cm³/mol. The highest BCUT2D eigenvalue weighted by Gasteiger charge is 2.23. The minimum absolute atomic E-state index is 0.0282. The molecule has 1 aromatic carbocycles. The third kappa shape index (κ3) is 3.07. The van der Waals surface area contributed by atoms with Gasteiger partial charge >= 0.3 is 0 Å². The van der Waals surface area contributed by atoms with E-state index >= 15 is 0 Å². The number of benzene rings is 1. The molecule has 2 rings (SSSR count). The molecule has 4 heteroatoms. The molecule has 1 amide bonds. The first-order valence-corrected chi connectivity index (χ1v) is 6.71. The van der Waals surface area contributed by atoms with Crippen molar-refractivity contribution in [1.29, 1.82) is 0 Å². The van der Waals surface area contributed by atoms with Crippen molar-refractivity contribution in [1.82, 2.24) is 0 Å². The number of halogens is 1. The van der Waals surface area contributed by atoms with Crippen molar-refractivity contribution in [3.63, 3.8) is 0 Å². The van der Waals surface area contributed by atoms with Gasteiger partial charge < -0.3 is 10.1 Å². The van der Waals surface area contributed by atoms with Gasteiger partial charge in [-0.05, 0) is 43.0 Å². The Balaban J connectivity index is 2.09. The van der Waals surface area contributed by atoms with Crippen LogP contribution in [0.15, 0.2) is 22.7 Å². The maximum absolute atomic E-state index is 11.9. The zero-order chi connectivity index (χ0) is 12.3. The van der Waals surface area contributed by atoms with Crippen LogP contribution < -0.4 is 5.32 Å². The van der Waals surface area contributed by atoms with Crippen LogP contribution in [0.4, 0.5) is 5.69 Å². The molecule has 1 atom stereocenters. The third-order valence-corrected chi connectivity index (χ3v) is 3.42. The zero-order valence-electron chi connectivity index (χ0n) is 9.83. The first kappa shape index (κ1) is 12.6. The van der Waals surface area contributed by atoms with Crippen LogP contribution in [0.25, 0.3) is 0 Å². The molecule has 1 saturated heterocycles. The highest BCUT2D eigenvalue weighted by Crippen LogP contribution is 2.23. The summed E-state index contributed by atoms with van der Waals surface area (Å²) in [7, 11) is 0. The van der Waals surface area contributed by atoms with E-state index in [0.29, 0.717) is 6.61 Å². The molecule has 0 aliphatic carbocycles. The largest absolute Gasteiger partial charge is 0.368 e. The first-order chi connectivity index (χ1) is 8.20. The molecular formula is C13H16BrNO2. The van der Waals surface area contributed by atoms with E-state index in [1.807, 2.05) is 18.2 Å². The first-order valence-electron chi connectivity index (χ1n) is 5.91. The summed E-state index contributed by atoms with van der Waals surface area (Å²) in [6, 6.07) is 5.89. The molecule has 1 aliphatic rings. The van der Waals surface area contributed by atoms with Crippen molar-refractivity contribution in [3.05, 3.63) is 28.2 Å². The summed E-state index contributed by atoms with van der Waals surface area (Å²) < 4.78 is 6.39. The number of aryl methyl sites for hydroxylation is 1. The molecular weight excluding hydrogens is 282 g/mol. The summed E-state index contributed by atoms with van der Waals surface area (Å²) in [6.45, 7) is 2.77. The maximum atomic E-state index is 11.9. The number of hydrogen-bond acceptors (Lipinski definition) is 2. The SMILES string of the molecule is CCc1cc(Br)ccc1NC(=O)[C@H]1CCCO1. The number of anilines is 1. The van der Waals surface area contributed by atoms with Crippen molar-refractivity contribution in [2.75, 3.05) is 11.9 Å². The molecule has 0 unspecified atom stereocenters. The van der Waals surface area contributed by atoms with E-state index in [0.717, 1.165) is 35.0 Å². The Bertz CT molecular complexity index is 414. The lowest BCUT2D eigenvalue weighted by molar-refractivity contribution is -0.124. The maximum Gasteiger partial charge on any atom is 0.253 e. The van der Waals surface area contributed by atoms with Gasteiger partial charge in [0.1, 0.15) is 6.10 Å². The Morgan fingerprint density at radius 3 is 3.06 bits per heavy atom. The summed E-state index contributed by atoms with van der Waals surface area (Å²) in [4.78, 5) is 11.9. The average Bonchev–Trinajstić information content (AvgIpc) is 2.85. The second-order valence-electron chi connectivity index (χ2n) is 4.15. The quantitative estimate of drug-likeness (QED) is 0.931. The van der Waals surface area contributed by atoms with E-state index in [9.17, 15) is 4.79 Å². The van der Waals surface area contributed by atoms with E-state index in [1.165, 1.54) is 0 Å². The highest BCUT2D eigenvalue weighted by atomic mass is 79.9. The molecule has 17 heavy (non-hydrogen) atoms. The van der Waals surface area contributed by atoms with Gasteiger partial charge in [0.05, 0.1) is 0 Å². The fourth-order valence-corrected chi connectivity index (χ4v) is 2.38. The smallest absolute Gasteiger partial charge is 0.253 e. The van der Waals surface area contributed by atoms with E-state index in [1.54, 1.807) is 0 Å². The van der Waals surface area contributed by atoms with Crippen LogP contribution in [0.5, 0.6) is 0 Å². The number of carbonyl (C=O) groups excluding carboxylic acids is 1. The Labute approximate surface area is 110 Å². The molecule has 1 fully saturated rings. The summed E-state index contributed by atoms with van der Waals surface area (Å²) >= 11 is 3.43. The Morgan fingerprint density at radius 2 is 2.41 bits per heavy atom. The van der Waals surface area contributed by atoms with Gasteiger partial charge in [0.25, 0.3) is 5.91 Å². The van der Waals surface area contributed by atoms with E-state index in [2.05, 4.69) is 28.2 Å². The predicted octanol–water partition coefficient (Wildman–Crippen LogP) is 3.13. The molecule has 1 N–H and O–H groups in total. The minimum Gasteiger partial charge on any atom is -0.368 e. The van der Waals surface area contributed by atoms with Crippen molar-refractivity contribution in [3.8, 4) is 0 Å². The van der Waals surface area contributed by atoms with Crippen molar-refractivity contribution in [2.45, 2.75) is 32.3 Å². The standard InChI is InChI=1S/C13H16BrNO2/c1-2-9-8-10(14)5-6-11(9)15-13(16)12-4-3-7-17-12/h5-6,8,12H,2-4,7H2,1H3,(H,15,16)/t12-/m1/s1. The molecule has 0 saturated carbocycles. The van der Waals surface area contributed by atoms with Crippen LogP contribution >= 0.6 is 15.9 Å². The van der Waals surface area contributed by atoms with Gasteiger partial charge in [0, 0.05) is 16.8 Å². The number of amides is 1. The van der Waals surface area contributed by atoms with Crippen LogP contribution in [-0.4, -0.2) is 18.6 Å². The molecule has 92 valence electrons. The minimum atomic E-state index is -0.275. The van der Waals surface area contributed by atoms with Crippen molar-refractivity contribution < 1.29 is 9.53 Å². The van der Waals surface area contributed by atoms with Gasteiger partial charge in [-0.15, -0.1) is 0 Å². The lowest BCUT2D eigenvalue weighted by Gasteiger charge is -2.13. The van der Waals surface area contributed by atoms with Crippen LogP contribution in [0.2, 0.25) is 0 Å². The Morgan fingerprint density at radius 1 is 1.59 bits per heavy atom. The zero-order valence-corrected chi connectivity index (χ0v) is 11.4. The molecule has 1 aromatic rings. The van der Waals surface area contributed by atoms with E-state index in [4.69, 9.17) is 4.74 Å². The van der Waals surface area contributed by atoms with E-state index in [-0.39, 0.29) is 12.0 Å². The molecule has 0 bridgehead atoms. The Kier molecular flexibility index (Phi) is 4.18. The molecule has 0 aromatic heterocycles. The van der Waals surface area contributed by atoms with Gasteiger partial charge in [0.2, 0.25) is 0 Å². The highest BCUT2D eigenvalue weighted by molar-refractivity contribution is 9.10. The average molecular weight is 298 g/mol. The van der Waals surface area contributed by atoms with Gasteiger partial charge in [0.15, 0.2) is 0 Å². The molecule has 0 spiro atoms. The van der Waals surface area contributed by atoms with Gasteiger partial charge in [-0.3, -0.25) is 4.79 Å². The second-order valence-corrected chi connectivity index (χ2v) is 5.06. The van der Waals surface area contributed by atoms with Crippen LogP contribution in [-0.2, 0) is 16.0 Å². The molecule has 1 heterocycles. The topological polar surface area (TPSA) is 38.3 Å². The second kappa shape index (κ2) is 5.65. The normalized spacial score (nSPS) is 19.3. The molecule has 1 aliphatic heterocycles. The number of nitrogens with one attached hydrogen (secondary N) is 1. The fraction of sp³-hybridized carbons (Fsp3) is 0.462. The summed E-state index contributed by atoms with van der Waals surface area (Å²) in [5.74, 6) is -0.0282. The number of ether oxygens (including phenoxy) is 1. The fourth-order valence-electron chi connectivity index (χ4n) is 1.97. The lowest BCUT2D eigenvalue weighted by atomic mass is 10.1. The summed E-state index contributed by atoms with van der Waals surface area (Å²) in [5.41, 5.74) is 2.02. The van der Waals surface area contributed by atoms with Gasteiger partial charge in [-0.25, -0.2) is 0 Å². The van der Waals surface area contributed by atoms with Gasteiger partial charge in [-0.2, -0.15) is 0 Å². The lowest BCUT2D eigenvalue weighted by Crippen LogP contribution is -2.27. The number of carbonyl (C=O) groups is 1. The van der Waals surface area contributed by atoms with Crippen molar-refractivity contribution in [2.24, 2.45) is 0 Å². The molecule has 3 nitrogen and oxygen atoms in total. The number of rotatable bonds is 3.